The van der Waals surface area contributed by atoms with Crippen molar-refractivity contribution < 1.29 is 23.9 Å². The second-order valence-corrected chi connectivity index (χ2v) is 8.59. The van der Waals surface area contributed by atoms with Gasteiger partial charge in [-0.2, -0.15) is 0 Å². The number of amides is 2. The highest BCUT2D eigenvalue weighted by Gasteiger charge is 2.29. The Balaban J connectivity index is 4.84. The summed E-state index contributed by atoms with van der Waals surface area (Å²) >= 11 is 0. The van der Waals surface area contributed by atoms with Crippen LogP contribution >= 0.6 is 0 Å². The van der Waals surface area contributed by atoms with Crippen molar-refractivity contribution in [1.29, 1.82) is 0 Å². The molecule has 0 aliphatic carbocycles. The molecule has 2 N–H and O–H groups in total. The van der Waals surface area contributed by atoms with E-state index in [0.717, 1.165) is 0 Å². The number of rotatable bonds is 6. The monoisotopic (exact) mass is 358 g/mol. The summed E-state index contributed by atoms with van der Waals surface area (Å²) in [5.41, 5.74) is -1.30. The quantitative estimate of drug-likeness (QED) is 0.712. The van der Waals surface area contributed by atoms with Gasteiger partial charge in [0.15, 0.2) is 0 Å². The van der Waals surface area contributed by atoms with E-state index in [2.05, 4.69) is 10.6 Å². The van der Waals surface area contributed by atoms with Crippen LogP contribution in [-0.4, -0.2) is 41.3 Å². The number of hydrogen-bond donors (Lipinski definition) is 2. The first-order chi connectivity index (χ1) is 11.1. The molecule has 0 saturated heterocycles. The standard InChI is InChI=1S/C18H34N2O5/c1-11(2)10-13(15(22)24-17(4,5)6)20-14(21)12(3)19-16(23)25-18(7,8)9/h11-13H,10H2,1-9H3,(H,19,23)(H,20,21)/t12-,13-/m0/s1. The Morgan fingerprint density at radius 2 is 1.32 bits per heavy atom. The van der Waals surface area contributed by atoms with Gasteiger partial charge in [0.25, 0.3) is 0 Å². The van der Waals surface area contributed by atoms with Crippen molar-refractivity contribution in [1.82, 2.24) is 10.6 Å². The maximum Gasteiger partial charge on any atom is 0.408 e. The highest BCUT2D eigenvalue weighted by Crippen LogP contribution is 2.13. The number of hydrogen-bond acceptors (Lipinski definition) is 5. The van der Waals surface area contributed by atoms with Gasteiger partial charge in [-0.25, -0.2) is 9.59 Å². The van der Waals surface area contributed by atoms with E-state index >= 15 is 0 Å². The zero-order chi connectivity index (χ0) is 20.0. The van der Waals surface area contributed by atoms with Crippen LogP contribution in [0.3, 0.4) is 0 Å². The third-order valence-electron chi connectivity index (χ3n) is 2.84. The maximum absolute atomic E-state index is 12.3. The fourth-order valence-corrected chi connectivity index (χ4v) is 1.90. The van der Waals surface area contributed by atoms with E-state index < -0.39 is 41.3 Å². The van der Waals surface area contributed by atoms with Crippen molar-refractivity contribution in [2.75, 3.05) is 0 Å². The van der Waals surface area contributed by atoms with E-state index in [1.54, 1.807) is 41.5 Å². The second-order valence-electron chi connectivity index (χ2n) is 8.59. The summed E-state index contributed by atoms with van der Waals surface area (Å²) in [7, 11) is 0. The van der Waals surface area contributed by atoms with Gasteiger partial charge >= 0.3 is 12.1 Å². The van der Waals surface area contributed by atoms with Gasteiger partial charge in [0.2, 0.25) is 5.91 Å². The van der Waals surface area contributed by atoms with Gasteiger partial charge in [0.05, 0.1) is 0 Å². The zero-order valence-corrected chi connectivity index (χ0v) is 17.0. The molecule has 0 aromatic heterocycles. The van der Waals surface area contributed by atoms with Crippen molar-refractivity contribution in [2.45, 2.75) is 92.0 Å². The van der Waals surface area contributed by atoms with Crippen LogP contribution < -0.4 is 10.6 Å². The van der Waals surface area contributed by atoms with Crippen LogP contribution in [0.5, 0.6) is 0 Å². The van der Waals surface area contributed by atoms with Gasteiger partial charge in [0.1, 0.15) is 23.3 Å². The van der Waals surface area contributed by atoms with Crippen molar-refractivity contribution in [2.24, 2.45) is 5.92 Å². The number of alkyl carbamates (subject to hydrolysis) is 1. The number of ether oxygens (including phenoxy) is 2. The lowest BCUT2D eigenvalue weighted by Crippen LogP contribution is -2.52. The fraction of sp³-hybridized carbons (Fsp3) is 0.833. The predicted molar refractivity (Wildman–Crippen MR) is 96.1 cm³/mol. The molecule has 25 heavy (non-hydrogen) atoms. The summed E-state index contributed by atoms with van der Waals surface area (Å²) in [5, 5.41) is 5.11. The molecule has 0 rings (SSSR count). The number of esters is 1. The van der Waals surface area contributed by atoms with Crippen molar-refractivity contribution >= 4 is 18.0 Å². The summed E-state index contributed by atoms with van der Waals surface area (Å²) in [6.07, 6.45) is -0.243. The van der Waals surface area contributed by atoms with E-state index in [0.29, 0.717) is 6.42 Å². The third kappa shape index (κ3) is 11.4. The molecule has 7 nitrogen and oxygen atoms in total. The summed E-state index contributed by atoms with van der Waals surface area (Å²) in [4.78, 5) is 36.4. The Morgan fingerprint density at radius 3 is 1.72 bits per heavy atom. The molecule has 0 aromatic carbocycles. The molecule has 0 saturated carbocycles. The first-order valence-corrected chi connectivity index (χ1v) is 8.63. The molecule has 7 heteroatoms. The highest BCUT2D eigenvalue weighted by atomic mass is 16.6. The van der Waals surface area contributed by atoms with Crippen LogP contribution in [0.2, 0.25) is 0 Å². The van der Waals surface area contributed by atoms with Crippen molar-refractivity contribution in [3.05, 3.63) is 0 Å². The van der Waals surface area contributed by atoms with Crippen molar-refractivity contribution in [3.8, 4) is 0 Å². The fourth-order valence-electron chi connectivity index (χ4n) is 1.90. The largest absolute Gasteiger partial charge is 0.458 e. The van der Waals surface area contributed by atoms with E-state index in [1.165, 1.54) is 6.92 Å². The molecule has 2 amide bonds. The molecular weight excluding hydrogens is 324 g/mol. The lowest BCUT2D eigenvalue weighted by Gasteiger charge is -2.27. The zero-order valence-electron chi connectivity index (χ0n) is 17.0. The van der Waals surface area contributed by atoms with E-state index in [4.69, 9.17) is 9.47 Å². The minimum absolute atomic E-state index is 0.187. The summed E-state index contributed by atoms with van der Waals surface area (Å²) < 4.78 is 10.5. The SMILES string of the molecule is CC(C)C[C@H](NC(=O)[C@H](C)NC(=O)OC(C)(C)C)C(=O)OC(C)(C)C. The molecule has 146 valence electrons. The van der Waals surface area contributed by atoms with E-state index in [1.807, 2.05) is 13.8 Å². The highest BCUT2D eigenvalue weighted by molar-refractivity contribution is 5.89. The number of carbonyl (C=O) groups excluding carboxylic acids is 3. The Bertz CT molecular complexity index is 475. The predicted octanol–water partition coefficient (Wildman–Crippen LogP) is 2.77. The molecular formula is C18H34N2O5. The molecule has 0 aliphatic heterocycles. The molecule has 2 atom stereocenters. The maximum atomic E-state index is 12.3. The molecule has 0 aromatic rings. The molecule has 0 fully saturated rings. The van der Waals surface area contributed by atoms with Crippen LogP contribution in [-0.2, 0) is 19.1 Å². The number of carbonyl (C=O) groups is 3. The van der Waals surface area contributed by atoms with Gasteiger partial charge in [-0.1, -0.05) is 13.8 Å². The minimum atomic E-state index is -0.841. The third-order valence-corrected chi connectivity index (χ3v) is 2.84. The molecule has 0 heterocycles. The van der Waals surface area contributed by atoms with Crippen molar-refractivity contribution in [3.63, 3.8) is 0 Å². The van der Waals surface area contributed by atoms with Crippen LogP contribution in [0, 0.1) is 5.92 Å². The molecule has 0 spiro atoms. The molecule has 0 bridgehead atoms. The van der Waals surface area contributed by atoms with Gasteiger partial charge < -0.3 is 20.1 Å². The Hall–Kier alpha value is -1.79. The van der Waals surface area contributed by atoms with Crippen LogP contribution in [0.15, 0.2) is 0 Å². The lowest BCUT2D eigenvalue weighted by atomic mass is 10.0. The minimum Gasteiger partial charge on any atom is -0.458 e. The smallest absolute Gasteiger partial charge is 0.408 e. The molecule has 0 aliphatic rings. The van der Waals surface area contributed by atoms with Crippen LogP contribution in [0.4, 0.5) is 4.79 Å². The first-order valence-electron chi connectivity index (χ1n) is 8.63. The van der Waals surface area contributed by atoms with E-state index in [9.17, 15) is 14.4 Å². The molecule has 0 unspecified atom stereocenters. The number of nitrogens with one attached hydrogen (secondary N) is 2. The second kappa shape index (κ2) is 9.06. The average Bonchev–Trinajstić information content (AvgIpc) is 2.32. The normalized spacial score (nSPS) is 14.5. The van der Waals surface area contributed by atoms with Gasteiger partial charge in [-0.15, -0.1) is 0 Å². The Morgan fingerprint density at radius 1 is 0.840 bits per heavy atom. The lowest BCUT2D eigenvalue weighted by molar-refractivity contribution is -0.159. The van der Waals surface area contributed by atoms with E-state index in [-0.39, 0.29) is 5.92 Å². The van der Waals surface area contributed by atoms with Gasteiger partial charge in [-0.05, 0) is 60.8 Å². The summed E-state index contributed by atoms with van der Waals surface area (Å²) in [6.45, 7) is 15.9. The Labute approximate surface area is 151 Å². The summed E-state index contributed by atoms with van der Waals surface area (Å²) in [6, 6.07) is -1.61. The van der Waals surface area contributed by atoms with Gasteiger partial charge in [0, 0.05) is 0 Å². The first kappa shape index (κ1) is 23.2. The topological polar surface area (TPSA) is 93.7 Å². The average molecular weight is 358 g/mol. The van der Waals surface area contributed by atoms with Crippen LogP contribution in [0.1, 0.15) is 68.7 Å². The summed E-state index contributed by atoms with van der Waals surface area (Å²) in [5.74, 6) is -0.770. The van der Waals surface area contributed by atoms with Gasteiger partial charge in [-0.3, -0.25) is 4.79 Å². The Kier molecular flexibility index (Phi) is 8.41. The van der Waals surface area contributed by atoms with Crippen LogP contribution in [0.25, 0.3) is 0 Å². The molecule has 0 radical (unpaired) electrons.